The summed E-state index contributed by atoms with van der Waals surface area (Å²) in [7, 11) is 0. The lowest BCUT2D eigenvalue weighted by Crippen LogP contribution is -2.48. The Hall–Kier alpha value is -2.43. The molecule has 0 radical (unpaired) electrons. The largest absolute Gasteiger partial charge is 0.512 e. The van der Waals surface area contributed by atoms with Crippen LogP contribution in [0.4, 0.5) is 5.82 Å². The first-order valence-corrected chi connectivity index (χ1v) is 5.99. The maximum absolute atomic E-state index is 10.2. The molecule has 6 N–H and O–H groups in total. The fourth-order valence-corrected chi connectivity index (χ4v) is 2.35. The number of hydrogen-bond donors (Lipinski definition) is 5. The molecular formula is C11H13N5O5. The van der Waals surface area contributed by atoms with E-state index >= 15 is 0 Å². The van der Waals surface area contributed by atoms with E-state index in [0.717, 1.165) is 0 Å². The fraction of sp³-hybridized carbons (Fsp3) is 0.364. The number of aliphatic hydroxyl groups excluding tert-OH is 4. The number of nitrogens with two attached hydrogens (primary N) is 1. The van der Waals surface area contributed by atoms with E-state index < -0.39 is 24.5 Å². The van der Waals surface area contributed by atoms with Gasteiger partial charge in [0.25, 0.3) is 0 Å². The minimum Gasteiger partial charge on any atom is -0.512 e. The third kappa shape index (κ3) is 1.67. The first-order chi connectivity index (χ1) is 10.0. The van der Waals surface area contributed by atoms with Crippen molar-refractivity contribution in [3.63, 3.8) is 0 Å². The van der Waals surface area contributed by atoms with E-state index in [1.807, 2.05) is 0 Å². The predicted octanol–water partition coefficient (Wildman–Crippen LogP) is -1.79. The maximum Gasteiger partial charge on any atom is 0.241 e. The highest BCUT2D eigenvalue weighted by molar-refractivity contribution is 5.81. The molecule has 1 aliphatic heterocycles. The Morgan fingerprint density at radius 1 is 1.38 bits per heavy atom. The van der Waals surface area contributed by atoms with Gasteiger partial charge in [0, 0.05) is 0 Å². The number of anilines is 1. The number of ether oxygens (including phenoxy) is 1. The quantitative estimate of drug-likeness (QED) is 0.403. The lowest BCUT2D eigenvalue weighted by Gasteiger charge is -2.30. The van der Waals surface area contributed by atoms with Crippen LogP contribution in [0, 0.1) is 0 Å². The molecule has 21 heavy (non-hydrogen) atoms. The Morgan fingerprint density at radius 2 is 2.14 bits per heavy atom. The molecule has 112 valence electrons. The van der Waals surface area contributed by atoms with Crippen molar-refractivity contribution in [2.75, 3.05) is 12.3 Å². The highest BCUT2D eigenvalue weighted by atomic mass is 16.6. The van der Waals surface area contributed by atoms with Crippen LogP contribution in [0.1, 0.15) is 0 Å². The topological polar surface area (TPSA) is 160 Å². The van der Waals surface area contributed by atoms with E-state index in [1.54, 1.807) is 0 Å². The standard InChI is InChI=1S/C11H13N5O5/c12-9-6-10(14-3-13-9)16(4-15-6)11(2-18)8(20)7(19)5(1-17)21-11/h1,3-4,7-8,17-20H,2H2,(H2,12,13,14)/b5-1+/t7-,8-,11-/m1/s1. The van der Waals surface area contributed by atoms with Gasteiger partial charge in [0.15, 0.2) is 17.2 Å². The molecule has 0 amide bonds. The van der Waals surface area contributed by atoms with Gasteiger partial charge in [-0.15, -0.1) is 0 Å². The van der Waals surface area contributed by atoms with E-state index in [9.17, 15) is 15.3 Å². The number of rotatable bonds is 2. The Morgan fingerprint density at radius 3 is 2.76 bits per heavy atom. The highest BCUT2D eigenvalue weighted by Crippen LogP contribution is 2.39. The van der Waals surface area contributed by atoms with Crippen LogP contribution in [0.5, 0.6) is 0 Å². The summed E-state index contributed by atoms with van der Waals surface area (Å²) in [5, 5.41) is 38.8. The molecule has 0 aliphatic carbocycles. The van der Waals surface area contributed by atoms with Gasteiger partial charge in [-0.25, -0.2) is 15.0 Å². The number of imidazole rings is 1. The average Bonchev–Trinajstić information content (AvgIpc) is 3.03. The molecule has 0 aromatic carbocycles. The van der Waals surface area contributed by atoms with Crippen molar-refractivity contribution in [1.29, 1.82) is 0 Å². The van der Waals surface area contributed by atoms with Gasteiger partial charge in [0.05, 0.1) is 0 Å². The van der Waals surface area contributed by atoms with E-state index in [2.05, 4.69) is 15.0 Å². The summed E-state index contributed by atoms with van der Waals surface area (Å²) in [5.41, 5.74) is 4.37. The van der Waals surface area contributed by atoms with Crippen molar-refractivity contribution in [3.05, 3.63) is 24.7 Å². The van der Waals surface area contributed by atoms with Crippen LogP contribution in [-0.4, -0.2) is 58.8 Å². The number of nitrogen functional groups attached to an aromatic ring is 1. The molecule has 0 spiro atoms. The van der Waals surface area contributed by atoms with Crippen molar-refractivity contribution >= 4 is 17.0 Å². The van der Waals surface area contributed by atoms with Crippen molar-refractivity contribution in [2.24, 2.45) is 0 Å². The number of nitrogens with zero attached hydrogens (tertiary/aromatic N) is 4. The van der Waals surface area contributed by atoms with Crippen LogP contribution in [-0.2, 0) is 10.5 Å². The van der Waals surface area contributed by atoms with Crippen molar-refractivity contribution in [2.45, 2.75) is 17.9 Å². The van der Waals surface area contributed by atoms with Crippen LogP contribution >= 0.6 is 0 Å². The molecule has 1 aliphatic rings. The van der Waals surface area contributed by atoms with Crippen LogP contribution < -0.4 is 5.73 Å². The molecule has 3 rings (SSSR count). The Labute approximate surface area is 117 Å². The van der Waals surface area contributed by atoms with Gasteiger partial charge in [-0.3, -0.25) is 4.57 Å². The molecule has 2 aromatic rings. The molecule has 0 unspecified atom stereocenters. The van der Waals surface area contributed by atoms with Gasteiger partial charge in [0.1, 0.15) is 43.2 Å². The SMILES string of the molecule is Nc1ncnc2c1ncn2[C@]1(CO)O/C(=C/O)[C@@H](O)[C@H]1O. The van der Waals surface area contributed by atoms with Crippen molar-refractivity contribution < 1.29 is 25.2 Å². The number of fused-ring (bicyclic) bond motifs is 1. The second-order valence-corrected chi connectivity index (χ2v) is 4.57. The van der Waals surface area contributed by atoms with Crippen LogP contribution in [0.15, 0.2) is 24.7 Å². The average molecular weight is 295 g/mol. The Kier molecular flexibility index (Phi) is 2.93. The molecule has 3 heterocycles. The lowest BCUT2D eigenvalue weighted by atomic mass is 10.0. The summed E-state index contributed by atoms with van der Waals surface area (Å²) < 4.78 is 6.59. The lowest BCUT2D eigenvalue weighted by molar-refractivity contribution is -0.140. The van der Waals surface area contributed by atoms with E-state index in [-0.39, 0.29) is 22.7 Å². The molecule has 10 heteroatoms. The summed E-state index contributed by atoms with van der Waals surface area (Å²) in [6.07, 6.45) is -0.0782. The minimum absolute atomic E-state index is 0.123. The van der Waals surface area contributed by atoms with E-state index in [4.69, 9.17) is 15.6 Å². The Bertz CT molecular complexity index is 716. The first-order valence-electron chi connectivity index (χ1n) is 5.99. The fourth-order valence-electron chi connectivity index (χ4n) is 2.35. The van der Waals surface area contributed by atoms with Gasteiger partial charge in [-0.05, 0) is 0 Å². The summed E-state index contributed by atoms with van der Waals surface area (Å²) in [6, 6.07) is 0. The normalized spacial score (nSPS) is 30.9. The van der Waals surface area contributed by atoms with Gasteiger partial charge in [-0.1, -0.05) is 0 Å². The molecule has 1 fully saturated rings. The summed E-state index contributed by atoms with van der Waals surface area (Å²) >= 11 is 0. The molecule has 2 aromatic heterocycles. The maximum atomic E-state index is 10.2. The smallest absolute Gasteiger partial charge is 0.241 e. The second kappa shape index (κ2) is 4.55. The summed E-state index contributed by atoms with van der Waals surface area (Å²) in [4.78, 5) is 11.8. The van der Waals surface area contributed by atoms with Crippen LogP contribution in [0.25, 0.3) is 11.2 Å². The van der Waals surface area contributed by atoms with Gasteiger partial charge < -0.3 is 30.9 Å². The number of aromatic nitrogens is 4. The van der Waals surface area contributed by atoms with Crippen LogP contribution in [0.2, 0.25) is 0 Å². The summed E-state index contributed by atoms with van der Waals surface area (Å²) in [6.45, 7) is -0.696. The zero-order valence-electron chi connectivity index (χ0n) is 10.7. The van der Waals surface area contributed by atoms with E-state index in [1.165, 1.54) is 17.2 Å². The van der Waals surface area contributed by atoms with Crippen molar-refractivity contribution in [1.82, 2.24) is 19.5 Å². The van der Waals surface area contributed by atoms with E-state index in [0.29, 0.717) is 6.26 Å². The van der Waals surface area contributed by atoms with Crippen LogP contribution in [0.3, 0.4) is 0 Å². The second-order valence-electron chi connectivity index (χ2n) is 4.57. The monoisotopic (exact) mass is 295 g/mol. The first kappa shape index (κ1) is 13.5. The van der Waals surface area contributed by atoms with Crippen molar-refractivity contribution in [3.8, 4) is 0 Å². The zero-order valence-corrected chi connectivity index (χ0v) is 10.7. The minimum atomic E-state index is -1.77. The molecule has 10 nitrogen and oxygen atoms in total. The Balaban J connectivity index is 2.22. The van der Waals surface area contributed by atoms with Gasteiger partial charge >= 0.3 is 0 Å². The summed E-state index contributed by atoms with van der Waals surface area (Å²) in [5.74, 6) is -0.154. The predicted molar refractivity (Wildman–Crippen MR) is 68.6 cm³/mol. The molecule has 1 saturated heterocycles. The number of aliphatic hydroxyl groups is 4. The van der Waals surface area contributed by atoms with Gasteiger partial charge in [-0.2, -0.15) is 0 Å². The number of hydrogen-bond acceptors (Lipinski definition) is 9. The molecule has 3 atom stereocenters. The zero-order chi connectivity index (χ0) is 15.2. The third-order valence-electron chi connectivity index (χ3n) is 3.47. The molecular weight excluding hydrogens is 282 g/mol. The third-order valence-corrected chi connectivity index (χ3v) is 3.47. The van der Waals surface area contributed by atoms with Gasteiger partial charge in [0.2, 0.25) is 5.72 Å². The molecule has 0 saturated carbocycles. The molecule has 0 bridgehead atoms. The highest BCUT2D eigenvalue weighted by Gasteiger charge is 2.55.